The average molecular weight is 164 g/mol. The van der Waals surface area contributed by atoms with Crippen LogP contribution >= 0.6 is 0 Å². The number of rotatable bonds is 2. The Hall–Kier alpha value is -0.520. The molecule has 0 bridgehead atoms. The molecule has 1 rings (SSSR count). The molecular weight excluding hydrogens is 144 g/mol. The lowest BCUT2D eigenvalue weighted by atomic mass is 9.77. The molecule has 0 aromatic heterocycles. The molecule has 0 aromatic carbocycles. The van der Waals surface area contributed by atoms with Gasteiger partial charge in [-0.05, 0) is 31.1 Å². The fourth-order valence-electron chi connectivity index (χ4n) is 1.77. The molecule has 0 spiro atoms. The highest BCUT2D eigenvalue weighted by Crippen LogP contribution is 2.43. The molecular formula is C12H20. The molecule has 0 aromatic rings. The predicted octanol–water partition coefficient (Wildman–Crippen LogP) is 3.95. The number of allylic oxidation sites excluding steroid dienone is 4. The Labute approximate surface area is 76.4 Å². The van der Waals surface area contributed by atoms with Gasteiger partial charge < -0.3 is 0 Å². The quantitative estimate of drug-likeness (QED) is 0.542. The molecule has 0 aliphatic heterocycles. The lowest BCUT2D eigenvalue weighted by molar-refractivity contribution is 0.351. The monoisotopic (exact) mass is 164 g/mol. The van der Waals surface area contributed by atoms with Gasteiger partial charge in [0, 0.05) is 0 Å². The summed E-state index contributed by atoms with van der Waals surface area (Å²) in [6, 6.07) is 0. The van der Waals surface area contributed by atoms with E-state index in [0.29, 0.717) is 5.41 Å². The fourth-order valence-corrected chi connectivity index (χ4v) is 1.77. The molecule has 0 N–H and O–H groups in total. The molecule has 1 unspecified atom stereocenters. The van der Waals surface area contributed by atoms with Gasteiger partial charge in [0.05, 0.1) is 0 Å². The SMILES string of the molecule is CCC=CC1CC=C(C)C1(C)C. The van der Waals surface area contributed by atoms with Crippen LogP contribution in [0.3, 0.4) is 0 Å². The van der Waals surface area contributed by atoms with Crippen LogP contribution in [0.1, 0.15) is 40.5 Å². The highest BCUT2D eigenvalue weighted by molar-refractivity contribution is 5.21. The van der Waals surface area contributed by atoms with Gasteiger partial charge in [0.2, 0.25) is 0 Å². The summed E-state index contributed by atoms with van der Waals surface area (Å²) in [4.78, 5) is 0. The molecule has 68 valence electrons. The normalized spacial score (nSPS) is 28.0. The van der Waals surface area contributed by atoms with Crippen LogP contribution in [0.2, 0.25) is 0 Å². The van der Waals surface area contributed by atoms with E-state index in [4.69, 9.17) is 0 Å². The summed E-state index contributed by atoms with van der Waals surface area (Å²) in [5, 5.41) is 0. The third-order valence-electron chi connectivity index (χ3n) is 3.23. The van der Waals surface area contributed by atoms with Crippen LogP contribution in [0, 0.1) is 11.3 Å². The van der Waals surface area contributed by atoms with Crippen LogP contribution in [-0.2, 0) is 0 Å². The fraction of sp³-hybridized carbons (Fsp3) is 0.667. The summed E-state index contributed by atoms with van der Waals surface area (Å²) in [5.41, 5.74) is 1.94. The Morgan fingerprint density at radius 3 is 2.67 bits per heavy atom. The molecule has 0 amide bonds. The van der Waals surface area contributed by atoms with Gasteiger partial charge in [0.15, 0.2) is 0 Å². The zero-order valence-electron chi connectivity index (χ0n) is 8.72. The van der Waals surface area contributed by atoms with Crippen LogP contribution in [0.25, 0.3) is 0 Å². The summed E-state index contributed by atoms with van der Waals surface area (Å²) >= 11 is 0. The van der Waals surface area contributed by atoms with E-state index in [0.717, 1.165) is 12.3 Å². The standard InChI is InChI=1S/C12H20/c1-5-6-7-11-9-8-10(2)12(11,3)4/h6-8,11H,5,9H2,1-4H3. The van der Waals surface area contributed by atoms with Crippen LogP contribution in [0.4, 0.5) is 0 Å². The molecule has 0 heterocycles. The van der Waals surface area contributed by atoms with E-state index in [2.05, 4.69) is 45.9 Å². The van der Waals surface area contributed by atoms with E-state index in [-0.39, 0.29) is 0 Å². The molecule has 0 fully saturated rings. The maximum atomic E-state index is 2.38. The predicted molar refractivity (Wildman–Crippen MR) is 55.1 cm³/mol. The Kier molecular flexibility index (Phi) is 2.76. The van der Waals surface area contributed by atoms with Crippen LogP contribution in [-0.4, -0.2) is 0 Å². The largest absolute Gasteiger partial charge is 0.0885 e. The van der Waals surface area contributed by atoms with Crippen molar-refractivity contribution < 1.29 is 0 Å². The molecule has 1 aliphatic rings. The third-order valence-corrected chi connectivity index (χ3v) is 3.23. The number of hydrogen-bond acceptors (Lipinski definition) is 0. The third kappa shape index (κ3) is 1.63. The Bertz CT molecular complexity index is 206. The minimum atomic E-state index is 0.395. The van der Waals surface area contributed by atoms with Gasteiger partial charge in [0.1, 0.15) is 0 Å². The second-order valence-corrected chi connectivity index (χ2v) is 4.29. The molecule has 12 heavy (non-hydrogen) atoms. The van der Waals surface area contributed by atoms with Crippen molar-refractivity contribution in [2.24, 2.45) is 11.3 Å². The van der Waals surface area contributed by atoms with Gasteiger partial charge in [-0.1, -0.05) is 44.6 Å². The summed E-state index contributed by atoms with van der Waals surface area (Å²) in [6.07, 6.45) is 9.44. The average Bonchev–Trinajstić information content (AvgIpc) is 2.25. The van der Waals surface area contributed by atoms with Gasteiger partial charge in [-0.2, -0.15) is 0 Å². The van der Waals surface area contributed by atoms with E-state index in [1.165, 1.54) is 6.42 Å². The lowest BCUT2D eigenvalue weighted by Crippen LogP contribution is -2.18. The molecule has 0 saturated carbocycles. The Balaban J connectivity index is 2.67. The summed E-state index contributed by atoms with van der Waals surface area (Å²) in [5.74, 6) is 0.734. The van der Waals surface area contributed by atoms with Crippen LogP contribution < -0.4 is 0 Å². The second-order valence-electron chi connectivity index (χ2n) is 4.29. The zero-order chi connectivity index (χ0) is 9.19. The van der Waals surface area contributed by atoms with Crippen molar-refractivity contribution in [2.75, 3.05) is 0 Å². The maximum absolute atomic E-state index is 2.38. The van der Waals surface area contributed by atoms with Crippen LogP contribution in [0.15, 0.2) is 23.8 Å². The smallest absolute Gasteiger partial charge is 0.00817 e. The van der Waals surface area contributed by atoms with E-state index >= 15 is 0 Å². The molecule has 0 radical (unpaired) electrons. The van der Waals surface area contributed by atoms with Crippen molar-refractivity contribution in [3.8, 4) is 0 Å². The molecule has 0 saturated heterocycles. The van der Waals surface area contributed by atoms with Crippen molar-refractivity contribution in [1.29, 1.82) is 0 Å². The van der Waals surface area contributed by atoms with Gasteiger partial charge in [-0.25, -0.2) is 0 Å². The van der Waals surface area contributed by atoms with Crippen molar-refractivity contribution in [3.63, 3.8) is 0 Å². The first-order valence-corrected chi connectivity index (χ1v) is 4.93. The summed E-state index contributed by atoms with van der Waals surface area (Å²) in [7, 11) is 0. The minimum absolute atomic E-state index is 0.395. The Morgan fingerprint density at radius 2 is 2.25 bits per heavy atom. The highest BCUT2D eigenvalue weighted by atomic mass is 14.4. The van der Waals surface area contributed by atoms with Crippen molar-refractivity contribution in [3.05, 3.63) is 23.8 Å². The summed E-state index contributed by atoms with van der Waals surface area (Å²) < 4.78 is 0. The van der Waals surface area contributed by atoms with Gasteiger partial charge in [-0.3, -0.25) is 0 Å². The molecule has 1 aliphatic carbocycles. The van der Waals surface area contributed by atoms with Gasteiger partial charge >= 0.3 is 0 Å². The highest BCUT2D eigenvalue weighted by Gasteiger charge is 2.32. The van der Waals surface area contributed by atoms with E-state index in [1.807, 2.05) is 0 Å². The first kappa shape index (κ1) is 9.57. The molecule has 1 atom stereocenters. The molecule has 0 nitrogen and oxygen atoms in total. The van der Waals surface area contributed by atoms with E-state index < -0.39 is 0 Å². The van der Waals surface area contributed by atoms with Crippen LogP contribution in [0.5, 0.6) is 0 Å². The maximum Gasteiger partial charge on any atom is -0.00817 e. The van der Waals surface area contributed by atoms with E-state index in [1.54, 1.807) is 5.57 Å². The summed E-state index contributed by atoms with van der Waals surface area (Å²) in [6.45, 7) is 9.13. The number of hydrogen-bond donors (Lipinski definition) is 0. The molecule has 0 heteroatoms. The zero-order valence-corrected chi connectivity index (χ0v) is 8.72. The van der Waals surface area contributed by atoms with Crippen molar-refractivity contribution in [2.45, 2.75) is 40.5 Å². The second kappa shape index (κ2) is 3.47. The van der Waals surface area contributed by atoms with E-state index in [9.17, 15) is 0 Å². The van der Waals surface area contributed by atoms with Gasteiger partial charge in [-0.15, -0.1) is 0 Å². The minimum Gasteiger partial charge on any atom is -0.0885 e. The van der Waals surface area contributed by atoms with Crippen molar-refractivity contribution in [1.82, 2.24) is 0 Å². The lowest BCUT2D eigenvalue weighted by Gasteiger charge is -2.27. The topological polar surface area (TPSA) is 0 Å². The van der Waals surface area contributed by atoms with Crippen molar-refractivity contribution >= 4 is 0 Å². The first-order valence-electron chi connectivity index (χ1n) is 4.93. The first-order chi connectivity index (χ1) is 5.59. The van der Waals surface area contributed by atoms with Gasteiger partial charge in [0.25, 0.3) is 0 Å². The Morgan fingerprint density at radius 1 is 1.58 bits per heavy atom.